The lowest BCUT2D eigenvalue weighted by Gasteiger charge is -2.14. The van der Waals surface area contributed by atoms with Gasteiger partial charge in [-0.2, -0.15) is 0 Å². The Morgan fingerprint density at radius 3 is 2.56 bits per heavy atom. The molecule has 1 aliphatic rings. The second-order valence-corrected chi connectivity index (χ2v) is 5.17. The quantitative estimate of drug-likeness (QED) is 0.714. The second-order valence-electron chi connectivity index (χ2n) is 5.17. The van der Waals surface area contributed by atoms with Gasteiger partial charge in [-0.3, -0.25) is 0 Å². The van der Waals surface area contributed by atoms with E-state index in [2.05, 4.69) is 43.4 Å². The third kappa shape index (κ3) is 3.64. The lowest BCUT2D eigenvalue weighted by Crippen LogP contribution is -2.19. The number of nitrogens with one attached hydrogen (secondary N) is 1. The van der Waals surface area contributed by atoms with Crippen LogP contribution in [-0.4, -0.2) is 6.54 Å². The van der Waals surface area contributed by atoms with Crippen LogP contribution >= 0.6 is 0 Å². The van der Waals surface area contributed by atoms with Crippen molar-refractivity contribution in [1.29, 1.82) is 0 Å². The van der Waals surface area contributed by atoms with Crippen LogP contribution < -0.4 is 5.32 Å². The molecule has 1 saturated carbocycles. The summed E-state index contributed by atoms with van der Waals surface area (Å²) in [7, 11) is 0. The maximum atomic E-state index is 3.60. The molecule has 16 heavy (non-hydrogen) atoms. The van der Waals surface area contributed by atoms with Gasteiger partial charge in [0.1, 0.15) is 0 Å². The predicted molar refractivity (Wildman–Crippen MR) is 69.6 cm³/mol. The molecule has 0 amide bonds. The highest BCUT2D eigenvalue weighted by Crippen LogP contribution is 2.33. The minimum Gasteiger partial charge on any atom is -0.310 e. The molecule has 1 unspecified atom stereocenters. The average Bonchev–Trinajstić information content (AvgIpc) is 3.09. The number of aryl methyl sites for hydroxylation is 1. The zero-order chi connectivity index (χ0) is 11.4. The van der Waals surface area contributed by atoms with Crippen molar-refractivity contribution in [3.63, 3.8) is 0 Å². The molecule has 1 N–H and O–H groups in total. The molecular weight excluding hydrogens is 194 g/mol. The molecule has 0 radical (unpaired) electrons. The van der Waals surface area contributed by atoms with Gasteiger partial charge in [-0.25, -0.2) is 0 Å². The van der Waals surface area contributed by atoms with E-state index in [1.807, 2.05) is 0 Å². The van der Waals surface area contributed by atoms with E-state index in [1.165, 1.54) is 36.8 Å². The average molecular weight is 217 g/mol. The predicted octanol–water partition coefficient (Wildman–Crippen LogP) is 3.84. The standard InChI is InChI=1S/C15H23N/c1-12-5-9-15(10-6-12)13(2)16-11-3-4-14-7-8-14/h5-6,9-10,13-14,16H,3-4,7-8,11H2,1-2H3. The van der Waals surface area contributed by atoms with Crippen molar-refractivity contribution in [2.75, 3.05) is 6.54 Å². The molecule has 0 spiro atoms. The van der Waals surface area contributed by atoms with Gasteiger partial charge in [0.05, 0.1) is 0 Å². The zero-order valence-electron chi connectivity index (χ0n) is 10.5. The smallest absolute Gasteiger partial charge is 0.0291 e. The van der Waals surface area contributed by atoms with E-state index in [4.69, 9.17) is 0 Å². The summed E-state index contributed by atoms with van der Waals surface area (Å²) in [4.78, 5) is 0. The van der Waals surface area contributed by atoms with Crippen molar-refractivity contribution in [1.82, 2.24) is 5.32 Å². The summed E-state index contributed by atoms with van der Waals surface area (Å²) in [6.07, 6.45) is 5.72. The molecule has 1 atom stereocenters. The van der Waals surface area contributed by atoms with Crippen LogP contribution in [0.4, 0.5) is 0 Å². The Hall–Kier alpha value is -0.820. The van der Waals surface area contributed by atoms with Crippen LogP contribution in [0.2, 0.25) is 0 Å². The fraction of sp³-hybridized carbons (Fsp3) is 0.600. The highest BCUT2D eigenvalue weighted by Gasteiger charge is 2.20. The first-order valence-electron chi connectivity index (χ1n) is 6.55. The summed E-state index contributed by atoms with van der Waals surface area (Å²) < 4.78 is 0. The van der Waals surface area contributed by atoms with Crippen LogP contribution in [0.3, 0.4) is 0 Å². The van der Waals surface area contributed by atoms with Crippen molar-refractivity contribution in [2.24, 2.45) is 5.92 Å². The summed E-state index contributed by atoms with van der Waals surface area (Å²) in [5, 5.41) is 3.60. The van der Waals surface area contributed by atoms with Crippen LogP contribution in [0, 0.1) is 12.8 Å². The van der Waals surface area contributed by atoms with E-state index in [9.17, 15) is 0 Å². The Balaban J connectivity index is 1.69. The normalized spacial score (nSPS) is 17.4. The molecule has 0 aliphatic heterocycles. The minimum absolute atomic E-state index is 0.486. The Labute approximate surface area is 99.3 Å². The zero-order valence-corrected chi connectivity index (χ0v) is 10.5. The molecule has 0 bridgehead atoms. The largest absolute Gasteiger partial charge is 0.310 e. The fourth-order valence-electron chi connectivity index (χ4n) is 2.09. The summed E-state index contributed by atoms with van der Waals surface area (Å²) in [5.41, 5.74) is 2.74. The first-order chi connectivity index (χ1) is 7.75. The van der Waals surface area contributed by atoms with Crippen LogP contribution in [0.5, 0.6) is 0 Å². The van der Waals surface area contributed by atoms with E-state index in [0.717, 1.165) is 12.5 Å². The van der Waals surface area contributed by atoms with E-state index >= 15 is 0 Å². The first kappa shape index (κ1) is 11.7. The monoisotopic (exact) mass is 217 g/mol. The van der Waals surface area contributed by atoms with Gasteiger partial charge < -0.3 is 5.32 Å². The molecule has 1 aromatic rings. The van der Waals surface area contributed by atoms with Crippen LogP contribution in [0.25, 0.3) is 0 Å². The minimum atomic E-state index is 0.486. The van der Waals surface area contributed by atoms with Gasteiger partial charge in [0, 0.05) is 6.04 Å². The van der Waals surface area contributed by atoms with E-state index in [1.54, 1.807) is 0 Å². The van der Waals surface area contributed by atoms with Gasteiger partial charge in [0.15, 0.2) is 0 Å². The maximum absolute atomic E-state index is 3.60. The number of hydrogen-bond donors (Lipinski definition) is 1. The molecular formula is C15H23N. The van der Waals surface area contributed by atoms with Crippen LogP contribution in [0.1, 0.15) is 49.8 Å². The van der Waals surface area contributed by atoms with E-state index < -0.39 is 0 Å². The third-order valence-corrected chi connectivity index (χ3v) is 3.51. The molecule has 88 valence electrons. The fourth-order valence-corrected chi connectivity index (χ4v) is 2.09. The summed E-state index contributed by atoms with van der Waals surface area (Å²) in [6, 6.07) is 9.33. The van der Waals surface area contributed by atoms with Gasteiger partial charge in [0.2, 0.25) is 0 Å². The third-order valence-electron chi connectivity index (χ3n) is 3.51. The van der Waals surface area contributed by atoms with Crippen LogP contribution in [-0.2, 0) is 0 Å². The van der Waals surface area contributed by atoms with E-state index in [-0.39, 0.29) is 0 Å². The highest BCUT2D eigenvalue weighted by molar-refractivity contribution is 5.23. The topological polar surface area (TPSA) is 12.0 Å². The Morgan fingerprint density at radius 1 is 1.25 bits per heavy atom. The van der Waals surface area contributed by atoms with Gasteiger partial charge in [0.25, 0.3) is 0 Å². The molecule has 0 aromatic heterocycles. The summed E-state index contributed by atoms with van der Waals surface area (Å²) >= 11 is 0. The molecule has 1 fully saturated rings. The number of rotatable bonds is 6. The van der Waals surface area contributed by atoms with Gasteiger partial charge in [-0.1, -0.05) is 42.7 Å². The Kier molecular flexibility index (Phi) is 4.00. The van der Waals surface area contributed by atoms with Crippen molar-refractivity contribution in [3.05, 3.63) is 35.4 Å². The molecule has 0 saturated heterocycles. The Morgan fingerprint density at radius 2 is 1.94 bits per heavy atom. The lowest BCUT2D eigenvalue weighted by atomic mass is 10.1. The maximum Gasteiger partial charge on any atom is 0.0291 e. The first-order valence-corrected chi connectivity index (χ1v) is 6.55. The van der Waals surface area contributed by atoms with Gasteiger partial charge >= 0.3 is 0 Å². The number of benzene rings is 1. The Bertz CT molecular complexity index is 311. The molecule has 1 aromatic carbocycles. The van der Waals surface area contributed by atoms with Gasteiger partial charge in [-0.05, 0) is 44.7 Å². The number of hydrogen-bond acceptors (Lipinski definition) is 1. The lowest BCUT2D eigenvalue weighted by molar-refractivity contribution is 0.533. The molecule has 1 heteroatoms. The summed E-state index contributed by atoms with van der Waals surface area (Å²) in [6.45, 7) is 5.55. The van der Waals surface area contributed by atoms with Gasteiger partial charge in [-0.15, -0.1) is 0 Å². The molecule has 2 rings (SSSR count). The molecule has 1 aliphatic carbocycles. The summed E-state index contributed by atoms with van der Waals surface area (Å²) in [5.74, 6) is 1.07. The van der Waals surface area contributed by atoms with Crippen molar-refractivity contribution in [2.45, 2.75) is 45.6 Å². The highest BCUT2D eigenvalue weighted by atomic mass is 14.9. The van der Waals surface area contributed by atoms with Crippen molar-refractivity contribution < 1.29 is 0 Å². The molecule has 0 heterocycles. The van der Waals surface area contributed by atoms with E-state index in [0.29, 0.717) is 6.04 Å². The van der Waals surface area contributed by atoms with Crippen molar-refractivity contribution >= 4 is 0 Å². The molecule has 1 nitrogen and oxygen atoms in total. The second kappa shape index (κ2) is 5.49. The SMILES string of the molecule is Cc1ccc(C(C)NCCCC2CC2)cc1. The van der Waals surface area contributed by atoms with Crippen molar-refractivity contribution in [3.8, 4) is 0 Å². The van der Waals surface area contributed by atoms with Crippen LogP contribution in [0.15, 0.2) is 24.3 Å².